The van der Waals surface area contributed by atoms with Crippen LogP contribution >= 0.6 is 11.6 Å². The molecule has 8 heteroatoms. The summed E-state index contributed by atoms with van der Waals surface area (Å²) in [7, 11) is 0. The molecule has 2 amide bonds. The molecule has 3 aromatic rings. The molecule has 0 atom stereocenters. The molecule has 1 aromatic heterocycles. The first-order valence-electron chi connectivity index (χ1n) is 9.43. The molecule has 0 aliphatic carbocycles. The second kappa shape index (κ2) is 10.2. The maximum atomic E-state index is 12.2. The second-order valence-electron chi connectivity index (χ2n) is 6.61. The van der Waals surface area contributed by atoms with Crippen molar-refractivity contribution in [1.29, 1.82) is 5.26 Å². The standard InChI is InChI=1S/C23H19ClN4O3/c1-15-13-19(31-23-17(14-25)3-2-11-27-23)8-9-20(15)28-21(29)10-12-26-22(30)16-4-6-18(24)7-5-16/h2-9,11,13H,10,12H2,1H3,(H,26,30)(H,28,29). The Morgan fingerprint density at radius 3 is 2.65 bits per heavy atom. The number of hydrogen-bond donors (Lipinski definition) is 2. The van der Waals surface area contributed by atoms with Crippen molar-refractivity contribution in [2.75, 3.05) is 11.9 Å². The van der Waals surface area contributed by atoms with E-state index in [1.807, 2.05) is 13.0 Å². The average Bonchev–Trinajstić information content (AvgIpc) is 2.76. The van der Waals surface area contributed by atoms with Crippen molar-refractivity contribution in [1.82, 2.24) is 10.3 Å². The van der Waals surface area contributed by atoms with Crippen LogP contribution in [-0.4, -0.2) is 23.3 Å². The van der Waals surface area contributed by atoms with Gasteiger partial charge in [0.05, 0.1) is 0 Å². The number of hydrogen-bond acceptors (Lipinski definition) is 5. The van der Waals surface area contributed by atoms with Crippen LogP contribution in [0.3, 0.4) is 0 Å². The molecule has 0 aliphatic heterocycles. The van der Waals surface area contributed by atoms with Gasteiger partial charge in [-0.3, -0.25) is 9.59 Å². The summed E-state index contributed by atoms with van der Waals surface area (Å²) in [6.45, 7) is 2.03. The minimum absolute atomic E-state index is 0.122. The summed E-state index contributed by atoms with van der Waals surface area (Å²) < 4.78 is 5.68. The number of aryl methyl sites for hydroxylation is 1. The van der Waals surface area contributed by atoms with E-state index in [-0.39, 0.29) is 30.7 Å². The summed E-state index contributed by atoms with van der Waals surface area (Å²) in [6, 6.07) is 17.0. The van der Waals surface area contributed by atoms with Crippen LogP contribution in [0.5, 0.6) is 11.6 Å². The highest BCUT2D eigenvalue weighted by Gasteiger charge is 2.10. The Balaban J connectivity index is 1.52. The molecule has 0 aliphatic rings. The lowest BCUT2D eigenvalue weighted by molar-refractivity contribution is -0.116. The smallest absolute Gasteiger partial charge is 0.251 e. The van der Waals surface area contributed by atoms with E-state index in [1.165, 1.54) is 0 Å². The highest BCUT2D eigenvalue weighted by atomic mass is 35.5. The van der Waals surface area contributed by atoms with Gasteiger partial charge in [0.1, 0.15) is 17.4 Å². The fraction of sp³-hybridized carbons (Fsp3) is 0.130. The van der Waals surface area contributed by atoms with Crippen molar-refractivity contribution >= 4 is 29.1 Å². The molecule has 0 saturated heterocycles. The number of benzene rings is 2. The van der Waals surface area contributed by atoms with E-state index in [9.17, 15) is 9.59 Å². The predicted molar refractivity (Wildman–Crippen MR) is 117 cm³/mol. The summed E-state index contributed by atoms with van der Waals surface area (Å²) in [6.07, 6.45) is 1.67. The van der Waals surface area contributed by atoms with E-state index in [2.05, 4.69) is 15.6 Å². The minimum Gasteiger partial charge on any atom is -0.438 e. The number of nitrogens with zero attached hydrogens (tertiary/aromatic N) is 2. The van der Waals surface area contributed by atoms with Crippen molar-refractivity contribution in [3.8, 4) is 17.7 Å². The van der Waals surface area contributed by atoms with Crippen LogP contribution in [0.4, 0.5) is 5.69 Å². The molecule has 3 rings (SSSR count). The molecule has 0 unspecified atom stereocenters. The van der Waals surface area contributed by atoms with Crippen LogP contribution < -0.4 is 15.4 Å². The van der Waals surface area contributed by atoms with Crippen molar-refractivity contribution in [3.05, 3.63) is 82.5 Å². The number of aromatic nitrogens is 1. The maximum absolute atomic E-state index is 12.2. The van der Waals surface area contributed by atoms with Gasteiger partial charge in [0.15, 0.2) is 0 Å². The Morgan fingerprint density at radius 1 is 1.16 bits per heavy atom. The topological polar surface area (TPSA) is 104 Å². The van der Waals surface area contributed by atoms with E-state index in [1.54, 1.807) is 60.8 Å². The summed E-state index contributed by atoms with van der Waals surface area (Å²) >= 11 is 5.81. The molecular formula is C23H19ClN4O3. The van der Waals surface area contributed by atoms with Gasteiger partial charge in [0.2, 0.25) is 11.8 Å². The Bertz CT molecular complexity index is 1140. The quantitative estimate of drug-likeness (QED) is 0.571. The van der Waals surface area contributed by atoms with E-state index in [0.29, 0.717) is 27.6 Å². The Labute approximate surface area is 184 Å². The molecule has 0 radical (unpaired) electrons. The predicted octanol–water partition coefficient (Wildman–Crippen LogP) is 4.47. The molecule has 0 saturated carbocycles. The van der Waals surface area contributed by atoms with E-state index in [0.717, 1.165) is 5.56 Å². The molecule has 0 spiro atoms. The van der Waals surface area contributed by atoms with Crippen LogP contribution in [0, 0.1) is 18.3 Å². The zero-order valence-corrected chi connectivity index (χ0v) is 17.4. The number of anilines is 1. The van der Waals surface area contributed by atoms with Gasteiger partial charge in [0, 0.05) is 35.4 Å². The second-order valence-corrected chi connectivity index (χ2v) is 7.04. The highest BCUT2D eigenvalue weighted by molar-refractivity contribution is 6.30. The van der Waals surface area contributed by atoms with Crippen molar-refractivity contribution in [2.45, 2.75) is 13.3 Å². The lowest BCUT2D eigenvalue weighted by atomic mass is 10.2. The molecule has 7 nitrogen and oxygen atoms in total. The van der Waals surface area contributed by atoms with Gasteiger partial charge in [-0.25, -0.2) is 4.98 Å². The SMILES string of the molecule is Cc1cc(Oc2ncccc2C#N)ccc1NC(=O)CCNC(=O)c1ccc(Cl)cc1. The number of pyridine rings is 1. The number of amides is 2. The van der Waals surface area contributed by atoms with E-state index in [4.69, 9.17) is 21.6 Å². The zero-order valence-electron chi connectivity index (χ0n) is 16.7. The maximum Gasteiger partial charge on any atom is 0.251 e. The summed E-state index contributed by atoms with van der Waals surface area (Å²) in [5.41, 5.74) is 2.22. The van der Waals surface area contributed by atoms with Crippen molar-refractivity contribution < 1.29 is 14.3 Å². The van der Waals surface area contributed by atoms with Gasteiger partial charge >= 0.3 is 0 Å². The average molecular weight is 435 g/mol. The Morgan fingerprint density at radius 2 is 1.94 bits per heavy atom. The largest absolute Gasteiger partial charge is 0.438 e. The molecule has 1 heterocycles. The van der Waals surface area contributed by atoms with Gasteiger partial charge in [0.25, 0.3) is 5.91 Å². The monoisotopic (exact) mass is 434 g/mol. The third kappa shape index (κ3) is 6.04. The number of carbonyl (C=O) groups excluding carboxylic acids is 2. The third-order valence-electron chi connectivity index (χ3n) is 4.32. The van der Waals surface area contributed by atoms with Gasteiger partial charge < -0.3 is 15.4 Å². The molecule has 156 valence electrons. The fourth-order valence-corrected chi connectivity index (χ4v) is 2.84. The molecule has 2 N–H and O–H groups in total. The number of nitrogens with one attached hydrogen (secondary N) is 2. The van der Waals surface area contributed by atoms with Gasteiger partial charge in [-0.1, -0.05) is 11.6 Å². The normalized spacial score (nSPS) is 10.1. The minimum atomic E-state index is -0.270. The first-order chi connectivity index (χ1) is 15.0. The number of carbonyl (C=O) groups is 2. The summed E-state index contributed by atoms with van der Waals surface area (Å²) in [4.78, 5) is 28.4. The third-order valence-corrected chi connectivity index (χ3v) is 4.57. The van der Waals surface area contributed by atoms with Crippen LogP contribution in [0.2, 0.25) is 5.02 Å². The lowest BCUT2D eigenvalue weighted by Crippen LogP contribution is -2.27. The molecular weight excluding hydrogens is 416 g/mol. The molecule has 0 bridgehead atoms. The number of halogens is 1. The van der Waals surface area contributed by atoms with Crippen molar-refractivity contribution in [2.24, 2.45) is 0 Å². The number of nitriles is 1. The fourth-order valence-electron chi connectivity index (χ4n) is 2.71. The Kier molecular flexibility index (Phi) is 7.20. The van der Waals surface area contributed by atoms with Crippen LogP contribution in [0.1, 0.15) is 27.9 Å². The van der Waals surface area contributed by atoms with Crippen molar-refractivity contribution in [3.63, 3.8) is 0 Å². The van der Waals surface area contributed by atoms with Crippen LogP contribution in [-0.2, 0) is 4.79 Å². The van der Waals surface area contributed by atoms with Gasteiger partial charge in [-0.2, -0.15) is 5.26 Å². The number of ether oxygens (including phenoxy) is 1. The highest BCUT2D eigenvalue weighted by Crippen LogP contribution is 2.26. The lowest BCUT2D eigenvalue weighted by Gasteiger charge is -2.11. The summed E-state index contributed by atoms with van der Waals surface area (Å²) in [5.74, 6) is 0.219. The Hall–Kier alpha value is -3.89. The summed E-state index contributed by atoms with van der Waals surface area (Å²) in [5, 5.41) is 15.2. The van der Waals surface area contributed by atoms with Gasteiger partial charge in [-0.15, -0.1) is 0 Å². The molecule has 0 fully saturated rings. The van der Waals surface area contributed by atoms with Gasteiger partial charge in [-0.05, 0) is 67.1 Å². The van der Waals surface area contributed by atoms with E-state index >= 15 is 0 Å². The first kappa shape index (κ1) is 21.8. The van der Waals surface area contributed by atoms with Crippen LogP contribution in [0.15, 0.2) is 60.8 Å². The molecule has 31 heavy (non-hydrogen) atoms. The van der Waals surface area contributed by atoms with Crippen LogP contribution in [0.25, 0.3) is 0 Å². The zero-order chi connectivity index (χ0) is 22.2. The number of rotatable bonds is 7. The van der Waals surface area contributed by atoms with E-state index < -0.39 is 0 Å². The first-order valence-corrected chi connectivity index (χ1v) is 9.81. The molecule has 2 aromatic carbocycles.